The second-order valence-corrected chi connectivity index (χ2v) is 4.17. The molecule has 1 aliphatic rings. The second-order valence-electron chi connectivity index (χ2n) is 4.17. The van der Waals surface area contributed by atoms with Crippen molar-refractivity contribution in [1.82, 2.24) is 5.32 Å². The summed E-state index contributed by atoms with van der Waals surface area (Å²) < 4.78 is 5.29. The van der Waals surface area contributed by atoms with Crippen molar-refractivity contribution < 1.29 is 4.74 Å². The Morgan fingerprint density at radius 3 is 2.46 bits per heavy atom. The van der Waals surface area contributed by atoms with E-state index in [1.807, 2.05) is 7.11 Å². The molecule has 0 aromatic rings. The first kappa shape index (κ1) is 11.0. The molecule has 0 bridgehead atoms. The van der Waals surface area contributed by atoms with E-state index in [4.69, 9.17) is 4.74 Å². The molecule has 1 saturated carbocycles. The predicted octanol–water partition coefficient (Wildman–Crippen LogP) is 2.05. The standard InChI is InChI=1S/C11H23NO/c1-12-8-10-6-4-3-5-7-11(10)9-13-2/h10-12H,3-9H2,1-2H3. The maximum atomic E-state index is 5.29. The van der Waals surface area contributed by atoms with Gasteiger partial charge < -0.3 is 10.1 Å². The second kappa shape index (κ2) is 6.39. The summed E-state index contributed by atoms with van der Waals surface area (Å²) in [4.78, 5) is 0. The Labute approximate surface area is 82.0 Å². The van der Waals surface area contributed by atoms with Gasteiger partial charge >= 0.3 is 0 Å². The smallest absolute Gasteiger partial charge is 0.0493 e. The molecule has 2 unspecified atom stereocenters. The molecule has 2 nitrogen and oxygen atoms in total. The maximum Gasteiger partial charge on any atom is 0.0493 e. The lowest BCUT2D eigenvalue weighted by Gasteiger charge is -2.23. The lowest BCUT2D eigenvalue weighted by atomic mass is 9.88. The number of ether oxygens (including phenoxy) is 1. The number of nitrogens with one attached hydrogen (secondary N) is 1. The van der Waals surface area contributed by atoms with Crippen molar-refractivity contribution in [2.45, 2.75) is 32.1 Å². The molecule has 2 heteroatoms. The molecule has 1 rings (SSSR count). The van der Waals surface area contributed by atoms with Gasteiger partial charge in [-0.05, 0) is 38.3 Å². The lowest BCUT2D eigenvalue weighted by Crippen LogP contribution is -2.27. The molecule has 0 heterocycles. The van der Waals surface area contributed by atoms with E-state index in [0.29, 0.717) is 0 Å². The van der Waals surface area contributed by atoms with Crippen LogP contribution in [0, 0.1) is 11.8 Å². The predicted molar refractivity (Wildman–Crippen MR) is 55.9 cm³/mol. The van der Waals surface area contributed by atoms with E-state index in [0.717, 1.165) is 25.0 Å². The van der Waals surface area contributed by atoms with E-state index in [2.05, 4.69) is 12.4 Å². The van der Waals surface area contributed by atoms with E-state index in [9.17, 15) is 0 Å². The number of hydrogen-bond acceptors (Lipinski definition) is 2. The summed E-state index contributed by atoms with van der Waals surface area (Å²) in [5.41, 5.74) is 0. The summed E-state index contributed by atoms with van der Waals surface area (Å²) in [7, 11) is 3.87. The monoisotopic (exact) mass is 185 g/mol. The van der Waals surface area contributed by atoms with Crippen LogP contribution in [-0.2, 0) is 4.74 Å². The van der Waals surface area contributed by atoms with Crippen molar-refractivity contribution in [3.05, 3.63) is 0 Å². The Morgan fingerprint density at radius 2 is 1.85 bits per heavy atom. The highest BCUT2D eigenvalue weighted by molar-refractivity contribution is 4.75. The molecule has 13 heavy (non-hydrogen) atoms. The van der Waals surface area contributed by atoms with Gasteiger partial charge in [0.05, 0.1) is 0 Å². The Kier molecular flexibility index (Phi) is 5.40. The lowest BCUT2D eigenvalue weighted by molar-refractivity contribution is 0.115. The highest BCUT2D eigenvalue weighted by Crippen LogP contribution is 2.28. The summed E-state index contributed by atoms with van der Waals surface area (Å²) in [5.74, 6) is 1.63. The highest BCUT2D eigenvalue weighted by atomic mass is 16.5. The number of methoxy groups -OCH3 is 1. The van der Waals surface area contributed by atoms with Crippen LogP contribution in [0.3, 0.4) is 0 Å². The van der Waals surface area contributed by atoms with Gasteiger partial charge in [0, 0.05) is 13.7 Å². The van der Waals surface area contributed by atoms with Gasteiger partial charge in [0.2, 0.25) is 0 Å². The molecule has 0 spiro atoms. The maximum absolute atomic E-state index is 5.29. The summed E-state index contributed by atoms with van der Waals surface area (Å²) in [6.07, 6.45) is 6.97. The molecular weight excluding hydrogens is 162 g/mol. The fourth-order valence-electron chi connectivity index (χ4n) is 2.43. The minimum Gasteiger partial charge on any atom is -0.384 e. The van der Waals surface area contributed by atoms with Gasteiger partial charge in [-0.1, -0.05) is 19.3 Å². The molecule has 2 atom stereocenters. The van der Waals surface area contributed by atoms with Gasteiger partial charge in [-0.25, -0.2) is 0 Å². The first-order valence-electron chi connectivity index (χ1n) is 5.52. The highest BCUT2D eigenvalue weighted by Gasteiger charge is 2.22. The van der Waals surface area contributed by atoms with Crippen molar-refractivity contribution >= 4 is 0 Å². The molecule has 0 amide bonds. The minimum absolute atomic E-state index is 0.792. The average Bonchev–Trinajstić information content (AvgIpc) is 2.33. The van der Waals surface area contributed by atoms with E-state index < -0.39 is 0 Å². The first-order valence-corrected chi connectivity index (χ1v) is 5.52. The topological polar surface area (TPSA) is 21.3 Å². The zero-order valence-electron chi connectivity index (χ0n) is 9.01. The van der Waals surface area contributed by atoms with Gasteiger partial charge in [-0.2, -0.15) is 0 Å². The average molecular weight is 185 g/mol. The molecule has 1 aliphatic carbocycles. The summed E-state index contributed by atoms with van der Waals surface area (Å²) >= 11 is 0. The molecule has 0 radical (unpaired) electrons. The summed E-state index contributed by atoms with van der Waals surface area (Å²) in [6.45, 7) is 2.11. The van der Waals surface area contributed by atoms with Crippen LogP contribution in [0.1, 0.15) is 32.1 Å². The Bertz CT molecular complexity index is 113. The molecule has 1 N–H and O–H groups in total. The Morgan fingerprint density at radius 1 is 1.15 bits per heavy atom. The SMILES string of the molecule is CNCC1CCCCCC1COC. The summed E-state index contributed by atoms with van der Waals surface area (Å²) in [5, 5.41) is 3.30. The molecule has 1 fully saturated rings. The normalized spacial score (nSPS) is 30.0. The molecular formula is C11H23NO. The minimum atomic E-state index is 0.792. The van der Waals surface area contributed by atoms with Gasteiger partial charge in [0.25, 0.3) is 0 Å². The van der Waals surface area contributed by atoms with Crippen LogP contribution in [0.15, 0.2) is 0 Å². The molecule has 78 valence electrons. The number of hydrogen-bond donors (Lipinski definition) is 1. The molecule has 0 saturated heterocycles. The van der Waals surface area contributed by atoms with Crippen molar-refractivity contribution in [2.24, 2.45) is 11.8 Å². The number of rotatable bonds is 4. The van der Waals surface area contributed by atoms with Crippen LogP contribution in [-0.4, -0.2) is 27.3 Å². The third-order valence-corrected chi connectivity index (χ3v) is 3.16. The third-order valence-electron chi connectivity index (χ3n) is 3.16. The quantitative estimate of drug-likeness (QED) is 0.677. The van der Waals surface area contributed by atoms with Crippen LogP contribution in [0.2, 0.25) is 0 Å². The zero-order chi connectivity index (χ0) is 9.52. The van der Waals surface area contributed by atoms with E-state index >= 15 is 0 Å². The van der Waals surface area contributed by atoms with Gasteiger partial charge in [-0.15, -0.1) is 0 Å². The molecule has 0 aliphatic heterocycles. The zero-order valence-corrected chi connectivity index (χ0v) is 9.01. The van der Waals surface area contributed by atoms with Crippen LogP contribution in [0.5, 0.6) is 0 Å². The molecule has 0 aromatic heterocycles. The summed E-state index contributed by atoms with van der Waals surface area (Å²) in [6, 6.07) is 0. The van der Waals surface area contributed by atoms with E-state index in [1.54, 1.807) is 0 Å². The van der Waals surface area contributed by atoms with Crippen molar-refractivity contribution in [1.29, 1.82) is 0 Å². The fourth-order valence-corrected chi connectivity index (χ4v) is 2.43. The largest absolute Gasteiger partial charge is 0.384 e. The first-order chi connectivity index (χ1) is 6.38. The van der Waals surface area contributed by atoms with E-state index in [-0.39, 0.29) is 0 Å². The third kappa shape index (κ3) is 3.65. The van der Waals surface area contributed by atoms with Crippen LogP contribution >= 0.6 is 0 Å². The van der Waals surface area contributed by atoms with Gasteiger partial charge in [-0.3, -0.25) is 0 Å². The Hall–Kier alpha value is -0.0800. The Balaban J connectivity index is 2.40. The van der Waals surface area contributed by atoms with Crippen molar-refractivity contribution in [2.75, 3.05) is 27.3 Å². The van der Waals surface area contributed by atoms with Gasteiger partial charge in [0.15, 0.2) is 0 Å². The molecule has 0 aromatic carbocycles. The van der Waals surface area contributed by atoms with Crippen molar-refractivity contribution in [3.8, 4) is 0 Å². The fraction of sp³-hybridized carbons (Fsp3) is 1.00. The van der Waals surface area contributed by atoms with Crippen LogP contribution < -0.4 is 5.32 Å². The van der Waals surface area contributed by atoms with Gasteiger partial charge in [0.1, 0.15) is 0 Å². The van der Waals surface area contributed by atoms with E-state index in [1.165, 1.54) is 32.1 Å². The van der Waals surface area contributed by atoms with Crippen molar-refractivity contribution in [3.63, 3.8) is 0 Å². The van der Waals surface area contributed by atoms with Crippen LogP contribution in [0.4, 0.5) is 0 Å². The van der Waals surface area contributed by atoms with Crippen LogP contribution in [0.25, 0.3) is 0 Å².